The molecule has 1 aliphatic rings. The zero-order chi connectivity index (χ0) is 10.8. The van der Waals surface area contributed by atoms with Gasteiger partial charge < -0.3 is 10.5 Å². The first kappa shape index (κ1) is 10.7. The summed E-state index contributed by atoms with van der Waals surface area (Å²) in [6.07, 6.45) is 0.0961. The Morgan fingerprint density at radius 3 is 3.07 bits per heavy atom. The fourth-order valence-corrected chi connectivity index (χ4v) is 2.08. The molecule has 1 aliphatic heterocycles. The number of benzene rings is 1. The van der Waals surface area contributed by atoms with Crippen LogP contribution in [-0.2, 0) is 12.8 Å². The molecule has 2 nitrogen and oxygen atoms in total. The molecule has 1 unspecified atom stereocenters. The van der Waals surface area contributed by atoms with Crippen LogP contribution in [0.25, 0.3) is 0 Å². The van der Waals surface area contributed by atoms with Gasteiger partial charge in [0, 0.05) is 24.4 Å². The first-order valence-electron chi connectivity index (χ1n) is 4.99. The molecule has 0 spiro atoms. The molecular formula is C11H13ClFNO. The summed E-state index contributed by atoms with van der Waals surface area (Å²) < 4.78 is 18.7. The van der Waals surface area contributed by atoms with Crippen molar-refractivity contribution in [2.24, 2.45) is 5.73 Å². The van der Waals surface area contributed by atoms with Crippen LogP contribution >= 0.6 is 11.6 Å². The van der Waals surface area contributed by atoms with Crippen LogP contribution in [0.5, 0.6) is 5.75 Å². The minimum Gasteiger partial charge on any atom is -0.493 e. The highest BCUT2D eigenvalue weighted by atomic mass is 35.5. The van der Waals surface area contributed by atoms with Crippen molar-refractivity contribution in [1.82, 2.24) is 0 Å². The predicted octanol–water partition coefficient (Wildman–Crippen LogP) is 2.11. The van der Waals surface area contributed by atoms with Crippen molar-refractivity contribution in [2.45, 2.75) is 19.0 Å². The van der Waals surface area contributed by atoms with Crippen molar-refractivity contribution in [3.05, 3.63) is 28.3 Å². The van der Waals surface area contributed by atoms with Crippen molar-refractivity contribution < 1.29 is 9.13 Å². The number of alkyl halides is 1. The van der Waals surface area contributed by atoms with Gasteiger partial charge in [0.1, 0.15) is 11.9 Å². The molecule has 1 atom stereocenters. The molecule has 0 bridgehead atoms. The molecule has 0 saturated carbocycles. The molecule has 0 aromatic heterocycles. The summed E-state index contributed by atoms with van der Waals surface area (Å²) in [5.74, 6) is 0.801. The van der Waals surface area contributed by atoms with Gasteiger partial charge in [-0.2, -0.15) is 0 Å². The minimum absolute atomic E-state index is 0.0291. The van der Waals surface area contributed by atoms with Gasteiger partial charge in [-0.1, -0.05) is 11.6 Å². The van der Waals surface area contributed by atoms with E-state index in [9.17, 15) is 4.39 Å². The molecule has 0 saturated heterocycles. The van der Waals surface area contributed by atoms with Gasteiger partial charge in [-0.15, -0.1) is 0 Å². The molecule has 1 heterocycles. The SMILES string of the molecule is NCC(F)Cc1cc(Cl)cc2c1OCC2. The first-order chi connectivity index (χ1) is 7.20. The molecule has 82 valence electrons. The predicted molar refractivity (Wildman–Crippen MR) is 58.3 cm³/mol. The van der Waals surface area contributed by atoms with Crippen LogP contribution in [0.2, 0.25) is 5.02 Å². The van der Waals surface area contributed by atoms with Gasteiger partial charge >= 0.3 is 0 Å². The van der Waals surface area contributed by atoms with Gasteiger partial charge in [0.2, 0.25) is 0 Å². The van der Waals surface area contributed by atoms with Gasteiger partial charge in [-0.25, -0.2) is 4.39 Å². The summed E-state index contributed by atoms with van der Waals surface area (Å²) in [6.45, 7) is 0.684. The maximum atomic E-state index is 13.2. The zero-order valence-corrected chi connectivity index (χ0v) is 9.06. The van der Waals surface area contributed by atoms with E-state index in [1.807, 2.05) is 6.07 Å². The average molecular weight is 230 g/mol. The van der Waals surface area contributed by atoms with E-state index in [2.05, 4.69) is 0 Å². The lowest BCUT2D eigenvalue weighted by Gasteiger charge is -2.10. The van der Waals surface area contributed by atoms with E-state index in [0.29, 0.717) is 11.6 Å². The van der Waals surface area contributed by atoms with Crippen molar-refractivity contribution in [3.63, 3.8) is 0 Å². The lowest BCUT2D eigenvalue weighted by Crippen LogP contribution is -2.17. The molecule has 2 N–H and O–H groups in total. The summed E-state index contributed by atoms with van der Waals surface area (Å²) in [6, 6.07) is 3.64. The number of ether oxygens (including phenoxy) is 1. The standard InChI is InChI=1S/C11H13ClFNO/c12-9-3-7-1-2-15-11(7)8(4-9)5-10(13)6-14/h3-4,10H,1-2,5-6,14H2. The van der Waals surface area contributed by atoms with Crippen molar-refractivity contribution >= 4 is 11.6 Å². The van der Waals surface area contributed by atoms with Crippen molar-refractivity contribution in [3.8, 4) is 5.75 Å². The third-order valence-electron chi connectivity index (χ3n) is 2.52. The number of rotatable bonds is 3. The lowest BCUT2D eigenvalue weighted by molar-refractivity contribution is 0.325. The van der Waals surface area contributed by atoms with Gasteiger partial charge in [-0.05, 0) is 23.3 Å². The number of hydrogen-bond donors (Lipinski definition) is 1. The molecule has 0 amide bonds. The zero-order valence-electron chi connectivity index (χ0n) is 8.30. The van der Waals surface area contributed by atoms with Gasteiger partial charge in [0.15, 0.2) is 0 Å². The maximum Gasteiger partial charge on any atom is 0.126 e. The lowest BCUT2D eigenvalue weighted by atomic mass is 10.0. The Labute approximate surface area is 93.2 Å². The molecular weight excluding hydrogens is 217 g/mol. The normalized spacial score (nSPS) is 15.9. The monoisotopic (exact) mass is 229 g/mol. The van der Waals surface area contributed by atoms with Crippen LogP contribution in [0.15, 0.2) is 12.1 Å². The molecule has 1 aromatic rings. The van der Waals surface area contributed by atoms with E-state index >= 15 is 0 Å². The van der Waals surface area contributed by atoms with E-state index in [-0.39, 0.29) is 13.0 Å². The molecule has 15 heavy (non-hydrogen) atoms. The smallest absolute Gasteiger partial charge is 0.126 e. The maximum absolute atomic E-state index is 13.2. The Morgan fingerprint density at radius 1 is 1.53 bits per heavy atom. The van der Waals surface area contributed by atoms with Gasteiger partial charge in [0.25, 0.3) is 0 Å². The van der Waals surface area contributed by atoms with E-state index in [1.165, 1.54) is 0 Å². The second-order valence-electron chi connectivity index (χ2n) is 3.69. The second kappa shape index (κ2) is 4.37. The summed E-state index contributed by atoms with van der Waals surface area (Å²) in [5, 5.41) is 0.637. The molecule has 0 radical (unpaired) electrons. The third-order valence-corrected chi connectivity index (χ3v) is 2.74. The molecule has 1 aromatic carbocycles. The fraction of sp³-hybridized carbons (Fsp3) is 0.455. The van der Waals surface area contributed by atoms with E-state index in [1.54, 1.807) is 6.07 Å². The van der Waals surface area contributed by atoms with Gasteiger partial charge in [-0.3, -0.25) is 0 Å². The highest BCUT2D eigenvalue weighted by molar-refractivity contribution is 6.30. The third kappa shape index (κ3) is 2.24. The Morgan fingerprint density at radius 2 is 2.33 bits per heavy atom. The number of nitrogens with two attached hydrogens (primary N) is 1. The van der Waals surface area contributed by atoms with Crippen LogP contribution in [0, 0.1) is 0 Å². The molecule has 2 rings (SSSR count). The van der Waals surface area contributed by atoms with Crippen molar-refractivity contribution in [2.75, 3.05) is 13.2 Å². The summed E-state index contributed by atoms with van der Waals surface area (Å²) in [7, 11) is 0. The Bertz CT molecular complexity index is 370. The number of fused-ring (bicyclic) bond motifs is 1. The second-order valence-corrected chi connectivity index (χ2v) is 4.13. The van der Waals surface area contributed by atoms with Crippen LogP contribution in [-0.4, -0.2) is 19.3 Å². The van der Waals surface area contributed by atoms with Crippen LogP contribution < -0.4 is 10.5 Å². The molecule has 0 fully saturated rings. The minimum atomic E-state index is -1.03. The Balaban J connectivity index is 2.30. The molecule has 4 heteroatoms. The highest BCUT2D eigenvalue weighted by Crippen LogP contribution is 2.33. The van der Waals surface area contributed by atoms with E-state index < -0.39 is 6.17 Å². The van der Waals surface area contributed by atoms with Crippen LogP contribution in [0.4, 0.5) is 4.39 Å². The largest absolute Gasteiger partial charge is 0.493 e. The Kier molecular flexibility index (Phi) is 3.12. The Hall–Kier alpha value is -0.800. The quantitative estimate of drug-likeness (QED) is 0.862. The summed E-state index contributed by atoms with van der Waals surface area (Å²) in [4.78, 5) is 0. The number of halogens is 2. The van der Waals surface area contributed by atoms with Crippen LogP contribution in [0.1, 0.15) is 11.1 Å². The van der Waals surface area contributed by atoms with Gasteiger partial charge in [0.05, 0.1) is 6.61 Å². The van der Waals surface area contributed by atoms with Crippen LogP contribution in [0.3, 0.4) is 0 Å². The summed E-state index contributed by atoms with van der Waals surface area (Å²) >= 11 is 5.95. The first-order valence-corrected chi connectivity index (χ1v) is 5.36. The van der Waals surface area contributed by atoms with E-state index in [0.717, 1.165) is 23.3 Å². The molecule has 0 aliphatic carbocycles. The topological polar surface area (TPSA) is 35.2 Å². The van der Waals surface area contributed by atoms with Crippen molar-refractivity contribution in [1.29, 1.82) is 0 Å². The summed E-state index contributed by atoms with van der Waals surface area (Å²) in [5.41, 5.74) is 7.15. The fourth-order valence-electron chi connectivity index (χ4n) is 1.82. The number of hydrogen-bond acceptors (Lipinski definition) is 2. The van der Waals surface area contributed by atoms with E-state index in [4.69, 9.17) is 22.1 Å². The highest BCUT2D eigenvalue weighted by Gasteiger charge is 2.19. The average Bonchev–Trinajstić information content (AvgIpc) is 2.65.